The smallest absolute Gasteiger partial charge is 0.273 e. The minimum atomic E-state index is -1.11. The van der Waals surface area contributed by atoms with Crippen LogP contribution in [0.15, 0.2) is 24.8 Å². The van der Waals surface area contributed by atoms with Gasteiger partial charge in [0, 0.05) is 18.7 Å². The molecule has 138 valence electrons. The van der Waals surface area contributed by atoms with E-state index in [0.29, 0.717) is 0 Å². The summed E-state index contributed by atoms with van der Waals surface area (Å²) in [5.74, 6) is -0.676. The summed E-state index contributed by atoms with van der Waals surface area (Å²) < 4.78 is 15.4. The van der Waals surface area contributed by atoms with Gasteiger partial charge in [-0.25, -0.2) is 19.0 Å². The molecule has 2 atom stereocenters. The number of aromatic nitrogens is 5. The van der Waals surface area contributed by atoms with E-state index in [-0.39, 0.29) is 48.8 Å². The monoisotopic (exact) mass is 361 g/mol. The number of hydrogen-bond acceptors (Lipinski definition) is 6. The number of amides is 2. The summed E-state index contributed by atoms with van der Waals surface area (Å²) in [6.07, 6.45) is 3.33. The van der Waals surface area contributed by atoms with Gasteiger partial charge in [0.25, 0.3) is 11.8 Å². The molecule has 0 unspecified atom stereocenters. The molecule has 10 heteroatoms. The Labute approximate surface area is 149 Å². The number of carbonyl (C=O) groups excluding carboxylic acids is 2. The summed E-state index contributed by atoms with van der Waals surface area (Å²) in [5.41, 5.74) is 0.400. The largest absolute Gasteiger partial charge is 0.348 e. The minimum Gasteiger partial charge on any atom is -0.348 e. The molecule has 3 rings (SSSR count). The zero-order chi connectivity index (χ0) is 18.7. The van der Waals surface area contributed by atoms with E-state index in [1.165, 1.54) is 34.4 Å². The van der Waals surface area contributed by atoms with Crippen LogP contribution in [0.25, 0.3) is 0 Å². The SMILES string of the molecule is CC(C)NC(=O)c1cn(C[C@@H]2C[C@H](F)CN2C(=O)c2ccncn2)nn1. The number of carbonyl (C=O) groups is 2. The lowest BCUT2D eigenvalue weighted by Gasteiger charge is -2.23. The van der Waals surface area contributed by atoms with Crippen LogP contribution in [0, 0.1) is 0 Å². The Bertz CT molecular complexity index is 780. The number of hydrogen-bond donors (Lipinski definition) is 1. The van der Waals surface area contributed by atoms with E-state index in [9.17, 15) is 14.0 Å². The lowest BCUT2D eigenvalue weighted by Crippen LogP contribution is -2.38. The molecule has 1 aliphatic rings. The first-order valence-corrected chi connectivity index (χ1v) is 8.36. The number of nitrogens with one attached hydrogen (secondary N) is 1. The Hall–Kier alpha value is -2.91. The molecule has 2 aromatic rings. The first-order valence-electron chi connectivity index (χ1n) is 8.36. The summed E-state index contributed by atoms with van der Waals surface area (Å²) in [6, 6.07) is 1.08. The van der Waals surface area contributed by atoms with Gasteiger partial charge in [-0.1, -0.05) is 5.21 Å². The van der Waals surface area contributed by atoms with Gasteiger partial charge in [0.1, 0.15) is 18.2 Å². The van der Waals surface area contributed by atoms with Gasteiger partial charge in [-0.2, -0.15) is 0 Å². The molecule has 0 aliphatic carbocycles. The summed E-state index contributed by atoms with van der Waals surface area (Å²) in [6.45, 7) is 3.94. The van der Waals surface area contributed by atoms with Crippen LogP contribution in [0.1, 0.15) is 41.2 Å². The van der Waals surface area contributed by atoms with Crippen molar-refractivity contribution in [3.05, 3.63) is 36.2 Å². The van der Waals surface area contributed by atoms with Crippen LogP contribution >= 0.6 is 0 Å². The Morgan fingerprint density at radius 2 is 2.19 bits per heavy atom. The van der Waals surface area contributed by atoms with Gasteiger partial charge >= 0.3 is 0 Å². The van der Waals surface area contributed by atoms with Crippen LogP contribution in [0.2, 0.25) is 0 Å². The van der Waals surface area contributed by atoms with Gasteiger partial charge in [-0.3, -0.25) is 9.59 Å². The molecule has 0 aromatic carbocycles. The average Bonchev–Trinajstić information content (AvgIpc) is 3.21. The van der Waals surface area contributed by atoms with Crippen LogP contribution < -0.4 is 5.32 Å². The molecule has 1 N–H and O–H groups in total. The number of nitrogens with zero attached hydrogens (tertiary/aromatic N) is 6. The maximum Gasteiger partial charge on any atom is 0.273 e. The first-order chi connectivity index (χ1) is 12.4. The van der Waals surface area contributed by atoms with Gasteiger partial charge < -0.3 is 10.2 Å². The van der Waals surface area contributed by atoms with Crippen LogP contribution in [-0.2, 0) is 6.54 Å². The second-order valence-electron chi connectivity index (χ2n) is 6.49. The van der Waals surface area contributed by atoms with Crippen molar-refractivity contribution in [2.45, 2.75) is 45.1 Å². The summed E-state index contributed by atoms with van der Waals surface area (Å²) in [7, 11) is 0. The molecule has 9 nitrogen and oxygen atoms in total. The summed E-state index contributed by atoms with van der Waals surface area (Å²) in [4.78, 5) is 33.7. The maximum absolute atomic E-state index is 13.9. The second-order valence-corrected chi connectivity index (χ2v) is 6.49. The van der Waals surface area contributed by atoms with Crippen LogP contribution in [0.5, 0.6) is 0 Å². The molecule has 0 bridgehead atoms. The lowest BCUT2D eigenvalue weighted by atomic mass is 10.2. The van der Waals surface area contributed by atoms with Crippen molar-refractivity contribution in [1.29, 1.82) is 0 Å². The minimum absolute atomic E-state index is 0.00287. The predicted octanol–water partition coefficient (Wildman–Crippen LogP) is 0.459. The van der Waals surface area contributed by atoms with Crippen molar-refractivity contribution in [3.63, 3.8) is 0 Å². The number of alkyl halides is 1. The standard InChI is InChI=1S/C16H20FN7O2/c1-10(2)20-15(25)14-8-23(22-21-14)7-12-5-11(17)6-24(12)16(26)13-3-4-18-9-19-13/h3-4,8-12H,5-7H2,1-2H3,(H,20,25)/t11-,12-/m0/s1. The van der Waals surface area contributed by atoms with Gasteiger partial charge in [0.2, 0.25) is 0 Å². The van der Waals surface area contributed by atoms with Gasteiger partial charge in [-0.15, -0.1) is 5.10 Å². The zero-order valence-corrected chi connectivity index (χ0v) is 14.5. The van der Waals surface area contributed by atoms with Crippen molar-refractivity contribution in [3.8, 4) is 0 Å². The highest BCUT2D eigenvalue weighted by atomic mass is 19.1. The van der Waals surface area contributed by atoms with E-state index in [0.717, 1.165) is 0 Å². The van der Waals surface area contributed by atoms with E-state index in [1.54, 1.807) is 0 Å². The third-order valence-electron chi connectivity index (χ3n) is 4.01. The molecule has 0 spiro atoms. The Morgan fingerprint density at radius 3 is 2.88 bits per heavy atom. The molecule has 26 heavy (non-hydrogen) atoms. The fourth-order valence-electron chi connectivity index (χ4n) is 2.89. The lowest BCUT2D eigenvalue weighted by molar-refractivity contribution is 0.0708. The molecule has 1 fully saturated rings. The fourth-order valence-corrected chi connectivity index (χ4v) is 2.89. The fraction of sp³-hybridized carbons (Fsp3) is 0.500. The average molecular weight is 361 g/mol. The highest BCUT2D eigenvalue weighted by Gasteiger charge is 2.36. The third-order valence-corrected chi connectivity index (χ3v) is 4.01. The van der Waals surface area contributed by atoms with Crippen molar-refractivity contribution >= 4 is 11.8 Å². The highest BCUT2D eigenvalue weighted by molar-refractivity contribution is 5.93. The van der Waals surface area contributed by atoms with Crippen LogP contribution in [0.4, 0.5) is 4.39 Å². The summed E-state index contributed by atoms with van der Waals surface area (Å²) >= 11 is 0. The molecule has 0 saturated carbocycles. The highest BCUT2D eigenvalue weighted by Crippen LogP contribution is 2.23. The zero-order valence-electron chi connectivity index (χ0n) is 14.5. The van der Waals surface area contributed by atoms with E-state index in [1.807, 2.05) is 13.8 Å². The van der Waals surface area contributed by atoms with E-state index in [2.05, 4.69) is 25.6 Å². The first kappa shape index (κ1) is 17.9. The van der Waals surface area contributed by atoms with Gasteiger partial charge in [0.15, 0.2) is 5.69 Å². The van der Waals surface area contributed by atoms with Crippen LogP contribution in [0.3, 0.4) is 0 Å². The van der Waals surface area contributed by atoms with Crippen LogP contribution in [-0.4, -0.2) is 66.5 Å². The van der Waals surface area contributed by atoms with Gasteiger partial charge in [0.05, 0.1) is 25.3 Å². The summed E-state index contributed by atoms with van der Waals surface area (Å²) in [5, 5.41) is 10.5. The van der Waals surface area contributed by atoms with E-state index in [4.69, 9.17) is 0 Å². The molecule has 2 amide bonds. The predicted molar refractivity (Wildman–Crippen MR) is 89.0 cm³/mol. The van der Waals surface area contributed by atoms with Crippen molar-refractivity contribution in [2.75, 3.05) is 6.54 Å². The molecule has 2 aromatic heterocycles. The Kier molecular flexibility index (Phi) is 5.19. The Balaban J connectivity index is 1.71. The number of halogens is 1. The number of likely N-dealkylation sites (tertiary alicyclic amines) is 1. The van der Waals surface area contributed by atoms with Crippen molar-refractivity contribution < 1.29 is 14.0 Å². The van der Waals surface area contributed by atoms with Gasteiger partial charge in [-0.05, 0) is 19.9 Å². The van der Waals surface area contributed by atoms with E-state index >= 15 is 0 Å². The number of rotatable bonds is 5. The van der Waals surface area contributed by atoms with Crippen molar-refractivity contribution in [2.24, 2.45) is 0 Å². The third kappa shape index (κ3) is 4.01. The maximum atomic E-state index is 13.9. The second kappa shape index (κ2) is 7.54. The quantitative estimate of drug-likeness (QED) is 0.829. The Morgan fingerprint density at radius 1 is 1.38 bits per heavy atom. The normalized spacial score (nSPS) is 19.8. The molecular weight excluding hydrogens is 341 g/mol. The topological polar surface area (TPSA) is 106 Å². The van der Waals surface area contributed by atoms with E-state index < -0.39 is 12.2 Å². The molecular formula is C16H20FN7O2. The molecule has 1 saturated heterocycles. The molecule has 3 heterocycles. The molecule has 1 aliphatic heterocycles. The van der Waals surface area contributed by atoms with Crippen molar-refractivity contribution in [1.82, 2.24) is 35.2 Å². The molecule has 0 radical (unpaired) electrons.